The van der Waals surface area contributed by atoms with E-state index in [1.807, 2.05) is 0 Å². The van der Waals surface area contributed by atoms with Crippen molar-refractivity contribution < 1.29 is 9.90 Å². The summed E-state index contributed by atoms with van der Waals surface area (Å²) in [5, 5.41) is 12.3. The van der Waals surface area contributed by atoms with Crippen molar-refractivity contribution in [3.05, 3.63) is 34.9 Å². The Morgan fingerprint density at radius 2 is 2.11 bits per heavy atom. The van der Waals surface area contributed by atoms with E-state index in [1.165, 1.54) is 36.0 Å². The molecule has 3 unspecified atom stereocenters. The van der Waals surface area contributed by atoms with Crippen LogP contribution in [0.2, 0.25) is 0 Å². The summed E-state index contributed by atoms with van der Waals surface area (Å²) in [5.41, 5.74) is 4.19. The maximum absolute atomic E-state index is 11.0. The number of aryl methyl sites for hydroxylation is 2. The minimum atomic E-state index is -0.731. The van der Waals surface area contributed by atoms with Crippen LogP contribution in [0.4, 0.5) is 0 Å². The Balaban J connectivity index is 1.85. The van der Waals surface area contributed by atoms with Gasteiger partial charge < -0.3 is 5.11 Å². The first-order valence-corrected chi connectivity index (χ1v) is 6.75. The summed E-state index contributed by atoms with van der Waals surface area (Å²) in [5.74, 6) is -0.351. The van der Waals surface area contributed by atoms with Crippen LogP contribution in [0.1, 0.15) is 42.5 Å². The van der Waals surface area contributed by atoms with Crippen molar-refractivity contribution in [1.82, 2.24) is 5.32 Å². The zero-order chi connectivity index (χ0) is 12.7. The minimum Gasteiger partial charge on any atom is -0.480 e. The van der Waals surface area contributed by atoms with E-state index in [2.05, 4.69) is 30.4 Å². The van der Waals surface area contributed by atoms with Gasteiger partial charge in [-0.3, -0.25) is 10.1 Å². The third-order valence-electron chi connectivity index (χ3n) is 4.34. The van der Waals surface area contributed by atoms with E-state index >= 15 is 0 Å². The lowest BCUT2D eigenvalue weighted by Crippen LogP contribution is -2.31. The van der Waals surface area contributed by atoms with Gasteiger partial charge in [0.2, 0.25) is 0 Å². The molecule has 0 radical (unpaired) electrons. The molecule has 1 aliphatic carbocycles. The highest BCUT2D eigenvalue weighted by molar-refractivity contribution is 5.74. The molecule has 0 bridgehead atoms. The summed E-state index contributed by atoms with van der Waals surface area (Å²) in [6.45, 7) is 2.13. The molecule has 96 valence electrons. The highest BCUT2D eigenvalue weighted by Gasteiger charge is 2.35. The summed E-state index contributed by atoms with van der Waals surface area (Å²) in [7, 11) is 0. The van der Waals surface area contributed by atoms with Crippen molar-refractivity contribution in [1.29, 1.82) is 0 Å². The second kappa shape index (κ2) is 4.39. The first-order valence-electron chi connectivity index (χ1n) is 6.75. The smallest absolute Gasteiger partial charge is 0.320 e. The van der Waals surface area contributed by atoms with Crippen LogP contribution in [0.3, 0.4) is 0 Å². The van der Waals surface area contributed by atoms with E-state index in [0.717, 1.165) is 6.42 Å². The SMILES string of the molecule is CC1CC(C(=O)O)NC1c1ccc2c(c1)CCC2. The molecule has 1 aromatic rings. The van der Waals surface area contributed by atoms with Crippen LogP contribution in [-0.4, -0.2) is 17.1 Å². The number of carboxylic acid groups (broad SMARTS) is 1. The van der Waals surface area contributed by atoms with Gasteiger partial charge in [-0.05, 0) is 48.3 Å². The van der Waals surface area contributed by atoms with Gasteiger partial charge in [-0.15, -0.1) is 0 Å². The van der Waals surface area contributed by atoms with Gasteiger partial charge in [0.25, 0.3) is 0 Å². The Morgan fingerprint density at radius 1 is 1.33 bits per heavy atom. The Bertz CT molecular complexity index is 483. The van der Waals surface area contributed by atoms with Gasteiger partial charge in [0, 0.05) is 6.04 Å². The molecule has 1 heterocycles. The number of carbonyl (C=O) groups is 1. The van der Waals surface area contributed by atoms with Crippen LogP contribution >= 0.6 is 0 Å². The van der Waals surface area contributed by atoms with Gasteiger partial charge in [0.05, 0.1) is 0 Å². The van der Waals surface area contributed by atoms with Crippen LogP contribution < -0.4 is 5.32 Å². The lowest BCUT2D eigenvalue weighted by atomic mass is 9.93. The zero-order valence-electron chi connectivity index (χ0n) is 10.6. The topological polar surface area (TPSA) is 49.3 Å². The number of nitrogens with one attached hydrogen (secondary N) is 1. The maximum Gasteiger partial charge on any atom is 0.320 e. The van der Waals surface area contributed by atoms with Gasteiger partial charge in [-0.1, -0.05) is 25.1 Å². The fourth-order valence-electron chi connectivity index (χ4n) is 3.34. The summed E-state index contributed by atoms with van der Waals surface area (Å²) < 4.78 is 0. The molecule has 3 rings (SSSR count). The number of hydrogen-bond donors (Lipinski definition) is 2. The largest absolute Gasteiger partial charge is 0.480 e. The molecule has 0 aromatic heterocycles. The second-order valence-corrected chi connectivity index (χ2v) is 5.63. The summed E-state index contributed by atoms with van der Waals surface area (Å²) in [6, 6.07) is 6.47. The molecule has 3 nitrogen and oxygen atoms in total. The van der Waals surface area contributed by atoms with E-state index in [-0.39, 0.29) is 6.04 Å². The van der Waals surface area contributed by atoms with Gasteiger partial charge >= 0.3 is 5.97 Å². The predicted octanol–water partition coefficient (Wildman–Crippen LogP) is 2.30. The van der Waals surface area contributed by atoms with Crippen molar-refractivity contribution in [3.8, 4) is 0 Å². The standard InChI is InChI=1S/C15H19NO2/c1-9-7-13(15(17)18)16-14(9)12-6-5-10-3-2-4-11(10)8-12/h5-6,8-9,13-14,16H,2-4,7H2,1H3,(H,17,18). The molecule has 2 aliphatic rings. The molecule has 18 heavy (non-hydrogen) atoms. The molecule has 3 atom stereocenters. The van der Waals surface area contributed by atoms with Crippen LogP contribution in [0, 0.1) is 5.92 Å². The van der Waals surface area contributed by atoms with Crippen molar-refractivity contribution >= 4 is 5.97 Å². The Labute approximate surface area is 107 Å². The predicted molar refractivity (Wildman–Crippen MR) is 69.5 cm³/mol. The molecule has 0 saturated carbocycles. The number of fused-ring (bicyclic) bond motifs is 1. The zero-order valence-corrected chi connectivity index (χ0v) is 10.6. The number of carboxylic acids is 1. The molecule has 1 saturated heterocycles. The Kier molecular flexibility index (Phi) is 2.86. The van der Waals surface area contributed by atoms with Crippen LogP contribution in [-0.2, 0) is 17.6 Å². The molecule has 2 N–H and O–H groups in total. The lowest BCUT2D eigenvalue weighted by molar-refractivity contribution is -0.139. The monoisotopic (exact) mass is 245 g/mol. The normalized spacial score (nSPS) is 30.4. The minimum absolute atomic E-state index is 0.192. The third-order valence-corrected chi connectivity index (χ3v) is 4.34. The van der Waals surface area contributed by atoms with Crippen molar-refractivity contribution in [2.24, 2.45) is 5.92 Å². The fourth-order valence-corrected chi connectivity index (χ4v) is 3.34. The second-order valence-electron chi connectivity index (χ2n) is 5.63. The van der Waals surface area contributed by atoms with Crippen molar-refractivity contribution in [2.75, 3.05) is 0 Å². The Hall–Kier alpha value is -1.35. The number of hydrogen-bond acceptors (Lipinski definition) is 2. The summed E-state index contributed by atoms with van der Waals surface area (Å²) in [4.78, 5) is 11.0. The molecule has 0 amide bonds. The Morgan fingerprint density at radius 3 is 2.83 bits per heavy atom. The van der Waals surface area contributed by atoms with Crippen molar-refractivity contribution in [2.45, 2.75) is 44.7 Å². The molecule has 0 spiro atoms. The number of aliphatic carboxylic acids is 1. The first-order chi connectivity index (χ1) is 8.65. The third kappa shape index (κ3) is 1.93. The van der Waals surface area contributed by atoms with E-state index in [1.54, 1.807) is 0 Å². The molecular formula is C15H19NO2. The molecule has 1 aromatic carbocycles. The first kappa shape index (κ1) is 11.7. The maximum atomic E-state index is 11.0. The van der Waals surface area contributed by atoms with E-state index in [4.69, 9.17) is 5.11 Å². The van der Waals surface area contributed by atoms with Gasteiger partial charge in [0.15, 0.2) is 0 Å². The highest BCUT2D eigenvalue weighted by Crippen LogP contribution is 2.34. The van der Waals surface area contributed by atoms with Gasteiger partial charge in [-0.25, -0.2) is 0 Å². The molecule has 3 heteroatoms. The van der Waals surface area contributed by atoms with Gasteiger partial charge in [-0.2, -0.15) is 0 Å². The van der Waals surface area contributed by atoms with E-state index in [9.17, 15) is 4.79 Å². The summed E-state index contributed by atoms with van der Waals surface area (Å²) in [6.07, 6.45) is 4.34. The van der Waals surface area contributed by atoms with Crippen molar-refractivity contribution in [3.63, 3.8) is 0 Å². The van der Waals surface area contributed by atoms with Gasteiger partial charge in [0.1, 0.15) is 6.04 Å². The average molecular weight is 245 g/mol. The molecular weight excluding hydrogens is 226 g/mol. The summed E-state index contributed by atoms with van der Waals surface area (Å²) >= 11 is 0. The van der Waals surface area contributed by atoms with E-state index < -0.39 is 12.0 Å². The van der Waals surface area contributed by atoms with E-state index in [0.29, 0.717) is 5.92 Å². The number of benzene rings is 1. The molecule has 1 aliphatic heterocycles. The molecule has 1 fully saturated rings. The number of rotatable bonds is 2. The quantitative estimate of drug-likeness (QED) is 0.840. The fraction of sp³-hybridized carbons (Fsp3) is 0.533. The lowest BCUT2D eigenvalue weighted by Gasteiger charge is -2.17. The highest BCUT2D eigenvalue weighted by atomic mass is 16.4. The average Bonchev–Trinajstić information content (AvgIpc) is 2.93. The van der Waals surface area contributed by atoms with Crippen LogP contribution in [0.25, 0.3) is 0 Å². The van der Waals surface area contributed by atoms with Crippen LogP contribution in [0.15, 0.2) is 18.2 Å². The van der Waals surface area contributed by atoms with Crippen LogP contribution in [0.5, 0.6) is 0 Å².